The van der Waals surface area contributed by atoms with Gasteiger partial charge in [0.1, 0.15) is 6.04 Å². The van der Waals surface area contributed by atoms with Crippen LogP contribution in [0.1, 0.15) is 20.3 Å². The van der Waals surface area contributed by atoms with E-state index in [1.807, 2.05) is 13.8 Å². The van der Waals surface area contributed by atoms with Crippen LogP contribution in [-0.4, -0.2) is 23.0 Å². The van der Waals surface area contributed by atoms with Crippen LogP contribution in [0.3, 0.4) is 0 Å². The Morgan fingerprint density at radius 2 is 2.00 bits per heavy atom. The first-order valence-corrected chi connectivity index (χ1v) is 3.78. The van der Waals surface area contributed by atoms with Crippen molar-refractivity contribution in [2.75, 3.05) is 0 Å². The summed E-state index contributed by atoms with van der Waals surface area (Å²) >= 11 is 0. The van der Waals surface area contributed by atoms with E-state index in [9.17, 15) is 9.59 Å². The van der Waals surface area contributed by atoms with Crippen LogP contribution >= 0.6 is 0 Å². The number of hydrogen-bond acceptors (Lipinski definition) is 2. The highest BCUT2D eigenvalue weighted by atomic mass is 16.4. The van der Waals surface area contributed by atoms with Crippen LogP contribution in [-0.2, 0) is 9.59 Å². The molecule has 0 unspecified atom stereocenters. The highest BCUT2D eigenvalue weighted by Gasteiger charge is 2.14. The third-order valence-corrected chi connectivity index (χ3v) is 1.23. The maximum absolute atomic E-state index is 11.0. The molecule has 2 N–H and O–H groups in total. The zero-order valence-corrected chi connectivity index (χ0v) is 7.33. The molecule has 0 rings (SSSR count). The number of carboxylic acids is 1. The highest BCUT2D eigenvalue weighted by molar-refractivity contribution is 5.83. The molecule has 0 aromatic carbocycles. The van der Waals surface area contributed by atoms with E-state index in [1.165, 1.54) is 0 Å². The summed E-state index contributed by atoms with van der Waals surface area (Å²) in [7, 11) is 0. The van der Waals surface area contributed by atoms with Gasteiger partial charge in [-0.2, -0.15) is 0 Å². The van der Waals surface area contributed by atoms with Gasteiger partial charge in [-0.3, -0.25) is 4.79 Å². The molecule has 12 heavy (non-hydrogen) atoms. The van der Waals surface area contributed by atoms with Gasteiger partial charge >= 0.3 is 5.97 Å². The summed E-state index contributed by atoms with van der Waals surface area (Å²) < 4.78 is 0. The molecule has 0 fully saturated rings. The zero-order valence-electron chi connectivity index (χ0n) is 7.33. The molecule has 1 atom stereocenters. The van der Waals surface area contributed by atoms with Gasteiger partial charge in [0.2, 0.25) is 5.91 Å². The zero-order chi connectivity index (χ0) is 9.72. The lowest BCUT2D eigenvalue weighted by molar-refractivity contribution is -0.140. The Morgan fingerprint density at radius 3 is 2.33 bits per heavy atom. The minimum absolute atomic E-state index is 0.228. The van der Waals surface area contributed by atoms with E-state index in [2.05, 4.69) is 12.2 Å². The van der Waals surface area contributed by atoms with E-state index in [1.54, 1.807) is 0 Å². The normalized spacial score (nSPS) is 12.7. The van der Waals surface area contributed by atoms with Crippen molar-refractivity contribution in [1.29, 1.82) is 0 Å². The molecule has 69 valence electrons. The average Bonchev–Trinajstić information content (AvgIpc) is 1.84. The number of carbonyl (C=O) groups is 2. The largest absolute Gasteiger partial charge is 0.480 e. The summed E-state index contributed by atoms with van der Waals surface area (Å²) in [5.74, 6) is -1.16. The fourth-order valence-corrected chi connectivity index (χ4v) is 0.686. The summed E-state index contributed by atoms with van der Waals surface area (Å²) in [5, 5.41) is 10.6. The minimum Gasteiger partial charge on any atom is -0.480 e. The van der Waals surface area contributed by atoms with Crippen LogP contribution in [0, 0.1) is 12.8 Å². The maximum Gasteiger partial charge on any atom is 0.326 e. The molecule has 0 saturated heterocycles. The molecule has 0 aliphatic rings. The Labute approximate surface area is 72.0 Å². The van der Waals surface area contributed by atoms with Crippen molar-refractivity contribution < 1.29 is 14.7 Å². The summed E-state index contributed by atoms with van der Waals surface area (Å²) in [5.41, 5.74) is 0. The molecule has 1 amide bonds. The van der Waals surface area contributed by atoms with Crippen LogP contribution in [0.25, 0.3) is 0 Å². The molecule has 4 nitrogen and oxygen atoms in total. The first kappa shape index (κ1) is 10.9. The van der Waals surface area contributed by atoms with Crippen molar-refractivity contribution >= 4 is 11.9 Å². The van der Waals surface area contributed by atoms with Crippen LogP contribution in [0.4, 0.5) is 0 Å². The number of aliphatic carboxylic acids is 1. The predicted octanol–water partition coefficient (Wildman–Crippen LogP) is 0.436. The van der Waals surface area contributed by atoms with Gasteiger partial charge in [0.15, 0.2) is 0 Å². The molecule has 0 heterocycles. The van der Waals surface area contributed by atoms with E-state index in [-0.39, 0.29) is 11.8 Å². The SMILES string of the molecule is [CH2][C@@H](NC(=O)CC(C)C)C(=O)O. The van der Waals surface area contributed by atoms with Crippen molar-refractivity contribution in [3.63, 3.8) is 0 Å². The number of nitrogens with one attached hydrogen (secondary N) is 1. The Balaban J connectivity index is 3.77. The highest BCUT2D eigenvalue weighted by Crippen LogP contribution is 1.98. The van der Waals surface area contributed by atoms with Gasteiger partial charge < -0.3 is 10.4 Å². The third kappa shape index (κ3) is 4.71. The second kappa shape index (κ2) is 4.74. The molecule has 0 aromatic rings. The maximum atomic E-state index is 11.0. The second-order valence-corrected chi connectivity index (χ2v) is 3.06. The number of hydrogen-bond donors (Lipinski definition) is 2. The molecular formula is C8H14NO3. The van der Waals surface area contributed by atoms with Crippen molar-refractivity contribution in [3.05, 3.63) is 6.92 Å². The minimum atomic E-state index is -1.12. The van der Waals surface area contributed by atoms with E-state index in [4.69, 9.17) is 5.11 Å². The summed E-state index contributed by atoms with van der Waals surface area (Å²) in [6.07, 6.45) is 0.333. The van der Waals surface area contributed by atoms with Gasteiger partial charge in [-0.1, -0.05) is 13.8 Å². The third-order valence-electron chi connectivity index (χ3n) is 1.23. The molecular weight excluding hydrogens is 158 g/mol. The topological polar surface area (TPSA) is 66.4 Å². The number of carbonyl (C=O) groups excluding carboxylic acids is 1. The fourth-order valence-electron chi connectivity index (χ4n) is 0.686. The van der Waals surface area contributed by atoms with E-state index >= 15 is 0 Å². The lowest BCUT2D eigenvalue weighted by atomic mass is 10.1. The monoisotopic (exact) mass is 172 g/mol. The number of rotatable bonds is 4. The fraction of sp³-hybridized carbons (Fsp3) is 0.625. The second-order valence-electron chi connectivity index (χ2n) is 3.06. The van der Waals surface area contributed by atoms with Crippen molar-refractivity contribution in [3.8, 4) is 0 Å². The van der Waals surface area contributed by atoms with Gasteiger partial charge in [0.05, 0.1) is 0 Å². The Hall–Kier alpha value is -1.06. The van der Waals surface area contributed by atoms with Crippen LogP contribution in [0.2, 0.25) is 0 Å². The molecule has 1 radical (unpaired) electrons. The summed E-state index contributed by atoms with van der Waals surface area (Å²) in [6, 6.07) is -1.05. The van der Waals surface area contributed by atoms with Gasteiger partial charge in [-0.15, -0.1) is 0 Å². The number of amides is 1. The Kier molecular flexibility index (Phi) is 4.33. The van der Waals surface area contributed by atoms with E-state index < -0.39 is 12.0 Å². The van der Waals surface area contributed by atoms with E-state index in [0.717, 1.165) is 0 Å². The molecule has 0 bridgehead atoms. The average molecular weight is 172 g/mol. The quantitative estimate of drug-likeness (QED) is 0.646. The Morgan fingerprint density at radius 1 is 1.50 bits per heavy atom. The first-order chi connectivity index (χ1) is 5.43. The lowest BCUT2D eigenvalue weighted by Crippen LogP contribution is -2.38. The van der Waals surface area contributed by atoms with Gasteiger partial charge in [0.25, 0.3) is 0 Å². The van der Waals surface area contributed by atoms with Crippen LogP contribution < -0.4 is 5.32 Å². The molecule has 0 aliphatic carbocycles. The molecule has 0 aromatic heterocycles. The van der Waals surface area contributed by atoms with Crippen molar-refractivity contribution in [2.45, 2.75) is 26.3 Å². The Bertz CT molecular complexity index is 177. The molecule has 0 aliphatic heterocycles. The van der Waals surface area contributed by atoms with E-state index in [0.29, 0.717) is 6.42 Å². The van der Waals surface area contributed by atoms with Gasteiger partial charge in [-0.05, 0) is 12.8 Å². The van der Waals surface area contributed by atoms with Crippen molar-refractivity contribution in [1.82, 2.24) is 5.32 Å². The molecule has 0 saturated carbocycles. The summed E-state index contributed by atoms with van der Waals surface area (Å²) in [4.78, 5) is 21.2. The van der Waals surface area contributed by atoms with Crippen LogP contribution in [0.15, 0.2) is 0 Å². The standard InChI is InChI=1S/C8H14NO3/c1-5(2)4-7(10)9-6(3)8(11)12/h5-6H,3-4H2,1-2H3,(H,9,10)(H,11,12)/t6-/m1/s1. The molecule has 0 spiro atoms. The predicted molar refractivity (Wildman–Crippen MR) is 44.4 cm³/mol. The lowest BCUT2D eigenvalue weighted by Gasteiger charge is -2.09. The summed E-state index contributed by atoms with van der Waals surface area (Å²) in [6.45, 7) is 7.03. The number of carboxylic acid groups (broad SMARTS) is 1. The molecule has 4 heteroatoms. The van der Waals surface area contributed by atoms with Crippen LogP contribution in [0.5, 0.6) is 0 Å². The smallest absolute Gasteiger partial charge is 0.326 e. The van der Waals surface area contributed by atoms with Gasteiger partial charge in [-0.25, -0.2) is 4.79 Å². The van der Waals surface area contributed by atoms with Crippen molar-refractivity contribution in [2.24, 2.45) is 5.92 Å². The first-order valence-electron chi connectivity index (χ1n) is 3.78. The van der Waals surface area contributed by atoms with Gasteiger partial charge in [0, 0.05) is 6.42 Å².